The molecule has 3 aromatic rings. The molecule has 2 aromatic carbocycles. The molecule has 31 heavy (non-hydrogen) atoms. The molecule has 1 aliphatic heterocycles. The molecular formula is C22H23F2NO6. The standard InChI is InChI=1S/C22H23F2NO6/c1-30-13-4-2-11(16(24)7-13)8-25-9-15(14-5-3-12(23)6-17(14)25)22-21(29)20(28)19(27)18(10-26)31-22/h2-7,9,18-22,26-29H,8,10H2,1H3/t18-,19-,20+,21-,22+/m1/s1. The van der Waals surface area contributed by atoms with E-state index in [1.807, 2.05) is 0 Å². The number of nitrogens with zero attached hydrogens (tertiary/aromatic N) is 1. The fourth-order valence-corrected chi connectivity index (χ4v) is 3.98. The van der Waals surface area contributed by atoms with E-state index in [1.165, 1.54) is 31.4 Å². The minimum absolute atomic E-state index is 0.0627. The first-order valence-corrected chi connectivity index (χ1v) is 9.75. The molecule has 5 atom stereocenters. The predicted molar refractivity (Wildman–Crippen MR) is 107 cm³/mol. The number of hydrogen-bond donors (Lipinski definition) is 4. The van der Waals surface area contributed by atoms with Crippen LogP contribution < -0.4 is 4.74 Å². The Morgan fingerprint density at radius 2 is 1.81 bits per heavy atom. The van der Waals surface area contributed by atoms with Crippen LogP contribution in [0.3, 0.4) is 0 Å². The van der Waals surface area contributed by atoms with Gasteiger partial charge in [-0.3, -0.25) is 0 Å². The van der Waals surface area contributed by atoms with Crippen molar-refractivity contribution in [1.82, 2.24) is 4.57 Å². The number of aliphatic hydroxyl groups excluding tert-OH is 4. The van der Waals surface area contributed by atoms with Gasteiger partial charge in [-0.1, -0.05) is 6.07 Å². The third-order valence-electron chi connectivity index (χ3n) is 5.67. The van der Waals surface area contributed by atoms with Crippen LogP contribution in [0.2, 0.25) is 0 Å². The van der Waals surface area contributed by atoms with Gasteiger partial charge in [0.15, 0.2) is 0 Å². The van der Waals surface area contributed by atoms with Crippen LogP contribution in [0.4, 0.5) is 8.78 Å². The maximum absolute atomic E-state index is 14.5. The molecule has 0 unspecified atom stereocenters. The van der Waals surface area contributed by atoms with Crippen molar-refractivity contribution in [3.8, 4) is 5.75 Å². The Labute approximate surface area is 176 Å². The number of hydrogen-bond acceptors (Lipinski definition) is 6. The number of aromatic nitrogens is 1. The Balaban J connectivity index is 1.78. The fraction of sp³-hybridized carbons (Fsp3) is 0.364. The normalized spacial score (nSPS) is 26.4. The molecule has 4 rings (SSSR count). The monoisotopic (exact) mass is 435 g/mol. The largest absolute Gasteiger partial charge is 0.497 e. The molecule has 166 valence electrons. The van der Waals surface area contributed by atoms with Gasteiger partial charge in [0, 0.05) is 28.8 Å². The third kappa shape index (κ3) is 3.90. The molecule has 0 radical (unpaired) electrons. The molecular weight excluding hydrogens is 412 g/mol. The van der Waals surface area contributed by atoms with Gasteiger partial charge >= 0.3 is 0 Å². The van der Waals surface area contributed by atoms with Gasteiger partial charge in [0.25, 0.3) is 0 Å². The van der Waals surface area contributed by atoms with Gasteiger partial charge in [-0.05, 0) is 24.3 Å². The molecule has 0 amide bonds. The maximum atomic E-state index is 14.5. The van der Waals surface area contributed by atoms with Crippen molar-refractivity contribution < 1.29 is 38.7 Å². The van der Waals surface area contributed by atoms with Gasteiger partial charge in [0.2, 0.25) is 0 Å². The van der Waals surface area contributed by atoms with Crippen molar-refractivity contribution in [2.75, 3.05) is 13.7 Å². The average molecular weight is 435 g/mol. The minimum atomic E-state index is -1.55. The summed E-state index contributed by atoms with van der Waals surface area (Å²) in [6.45, 7) is -0.501. The smallest absolute Gasteiger partial charge is 0.131 e. The van der Waals surface area contributed by atoms with Crippen LogP contribution in [0.15, 0.2) is 42.6 Å². The Morgan fingerprint density at radius 1 is 1.03 bits per heavy atom. The minimum Gasteiger partial charge on any atom is -0.497 e. The number of aliphatic hydroxyl groups is 4. The van der Waals surface area contributed by atoms with E-state index in [1.54, 1.807) is 22.9 Å². The highest BCUT2D eigenvalue weighted by Gasteiger charge is 2.44. The predicted octanol–water partition coefficient (Wildman–Crippen LogP) is 1.49. The maximum Gasteiger partial charge on any atom is 0.131 e. The van der Waals surface area contributed by atoms with Crippen LogP contribution in [0.5, 0.6) is 5.75 Å². The summed E-state index contributed by atoms with van der Waals surface area (Å²) >= 11 is 0. The summed E-state index contributed by atoms with van der Waals surface area (Å²) in [5, 5.41) is 40.7. The van der Waals surface area contributed by atoms with Crippen molar-refractivity contribution in [2.24, 2.45) is 0 Å². The first kappa shape index (κ1) is 21.7. The molecule has 1 aliphatic rings. The zero-order valence-electron chi connectivity index (χ0n) is 16.7. The van der Waals surface area contributed by atoms with Gasteiger partial charge in [-0.25, -0.2) is 8.78 Å². The lowest BCUT2D eigenvalue weighted by Gasteiger charge is -2.40. The first-order valence-electron chi connectivity index (χ1n) is 9.75. The lowest BCUT2D eigenvalue weighted by atomic mass is 9.91. The van der Waals surface area contributed by atoms with Crippen molar-refractivity contribution in [1.29, 1.82) is 0 Å². The van der Waals surface area contributed by atoms with Gasteiger partial charge in [-0.15, -0.1) is 0 Å². The Morgan fingerprint density at radius 3 is 2.48 bits per heavy atom. The number of halogens is 2. The van der Waals surface area contributed by atoms with Crippen LogP contribution in [-0.4, -0.2) is 63.1 Å². The summed E-state index contributed by atoms with van der Waals surface area (Å²) in [5.74, 6) is -0.624. The zero-order chi connectivity index (χ0) is 22.3. The van der Waals surface area contributed by atoms with Gasteiger partial charge in [0.1, 0.15) is 47.9 Å². The Hall–Kier alpha value is -2.56. The summed E-state index contributed by atoms with van der Waals surface area (Å²) < 4.78 is 40.8. The van der Waals surface area contributed by atoms with Gasteiger partial charge < -0.3 is 34.5 Å². The first-order chi connectivity index (χ1) is 14.8. The van der Waals surface area contributed by atoms with Crippen LogP contribution >= 0.6 is 0 Å². The van der Waals surface area contributed by atoms with E-state index >= 15 is 0 Å². The van der Waals surface area contributed by atoms with E-state index in [0.717, 1.165) is 0 Å². The fourth-order valence-electron chi connectivity index (χ4n) is 3.98. The molecule has 0 bridgehead atoms. The molecule has 0 aliphatic carbocycles. The number of methoxy groups -OCH3 is 1. The highest BCUT2D eigenvalue weighted by atomic mass is 19.1. The zero-order valence-corrected chi connectivity index (χ0v) is 16.7. The Bertz CT molecular complexity index is 1090. The molecule has 1 aromatic heterocycles. The SMILES string of the molecule is COc1ccc(Cn2cc([C@@H]3O[C@H](CO)[C@@H](O)[C@H](O)[C@H]3O)c3ccc(F)cc32)c(F)c1. The van der Waals surface area contributed by atoms with Crippen LogP contribution in [0, 0.1) is 11.6 Å². The molecule has 4 N–H and O–H groups in total. The summed E-state index contributed by atoms with van der Waals surface area (Å²) in [7, 11) is 1.43. The number of benzene rings is 2. The quantitative estimate of drug-likeness (QED) is 0.484. The second-order valence-electron chi connectivity index (χ2n) is 7.58. The van der Waals surface area contributed by atoms with Crippen molar-refractivity contribution in [3.05, 3.63) is 65.4 Å². The third-order valence-corrected chi connectivity index (χ3v) is 5.67. The second-order valence-corrected chi connectivity index (χ2v) is 7.58. The second kappa shape index (κ2) is 8.52. The molecule has 0 saturated carbocycles. The summed E-state index contributed by atoms with van der Waals surface area (Å²) in [6, 6.07) is 8.46. The molecule has 7 nitrogen and oxygen atoms in total. The molecule has 1 saturated heterocycles. The van der Waals surface area contributed by atoms with Gasteiger partial charge in [0.05, 0.1) is 25.8 Å². The van der Waals surface area contributed by atoms with E-state index in [0.29, 0.717) is 27.8 Å². The number of ether oxygens (including phenoxy) is 2. The summed E-state index contributed by atoms with van der Waals surface area (Å²) in [5.41, 5.74) is 1.19. The lowest BCUT2D eigenvalue weighted by Crippen LogP contribution is -2.55. The van der Waals surface area contributed by atoms with E-state index in [-0.39, 0.29) is 6.54 Å². The van der Waals surface area contributed by atoms with Crippen molar-refractivity contribution >= 4 is 10.9 Å². The van der Waals surface area contributed by atoms with Crippen molar-refractivity contribution in [3.63, 3.8) is 0 Å². The van der Waals surface area contributed by atoms with Gasteiger partial charge in [-0.2, -0.15) is 0 Å². The van der Waals surface area contributed by atoms with Crippen LogP contribution in [-0.2, 0) is 11.3 Å². The highest BCUT2D eigenvalue weighted by molar-refractivity contribution is 5.84. The molecule has 1 fully saturated rings. The number of fused-ring (bicyclic) bond motifs is 1. The summed E-state index contributed by atoms with van der Waals surface area (Å²) in [4.78, 5) is 0. The molecule has 9 heteroatoms. The summed E-state index contributed by atoms with van der Waals surface area (Å²) in [6.07, 6.45) is -5.11. The highest BCUT2D eigenvalue weighted by Crippen LogP contribution is 2.37. The van der Waals surface area contributed by atoms with Crippen LogP contribution in [0.25, 0.3) is 10.9 Å². The van der Waals surface area contributed by atoms with E-state index in [2.05, 4.69) is 0 Å². The molecule has 2 heterocycles. The van der Waals surface area contributed by atoms with Crippen molar-refractivity contribution in [2.45, 2.75) is 37.1 Å². The van der Waals surface area contributed by atoms with E-state index < -0.39 is 48.8 Å². The number of rotatable bonds is 5. The van der Waals surface area contributed by atoms with E-state index in [9.17, 15) is 29.2 Å². The Kier molecular flexibility index (Phi) is 5.96. The van der Waals surface area contributed by atoms with E-state index in [4.69, 9.17) is 9.47 Å². The topological polar surface area (TPSA) is 104 Å². The average Bonchev–Trinajstić information content (AvgIpc) is 3.11. The lowest BCUT2D eigenvalue weighted by molar-refractivity contribution is -0.231. The molecule has 0 spiro atoms. The van der Waals surface area contributed by atoms with Crippen LogP contribution in [0.1, 0.15) is 17.2 Å².